The van der Waals surface area contributed by atoms with Crippen LogP contribution in [0.5, 0.6) is 5.75 Å². The summed E-state index contributed by atoms with van der Waals surface area (Å²) in [5.41, 5.74) is 1.66. The SMILES string of the molecule is C=C(C)C(=O)OCCCCCCOc1ccc(C(=O)N(OCCCC)c2ccccc2)cc1. The molecule has 2 aromatic rings. The molecule has 2 rings (SSSR count). The van der Waals surface area contributed by atoms with Gasteiger partial charge < -0.3 is 9.47 Å². The minimum absolute atomic E-state index is 0.212. The van der Waals surface area contributed by atoms with Crippen LogP contribution in [-0.4, -0.2) is 31.7 Å². The molecule has 0 spiro atoms. The van der Waals surface area contributed by atoms with Crippen molar-refractivity contribution in [1.29, 1.82) is 0 Å². The summed E-state index contributed by atoms with van der Waals surface area (Å²) >= 11 is 0. The van der Waals surface area contributed by atoms with Crippen LogP contribution in [0.25, 0.3) is 0 Å². The van der Waals surface area contributed by atoms with Crippen molar-refractivity contribution >= 4 is 17.6 Å². The highest BCUT2D eigenvalue weighted by molar-refractivity contribution is 6.04. The Morgan fingerprint density at radius 2 is 1.52 bits per heavy atom. The molecule has 2 aromatic carbocycles. The number of carbonyl (C=O) groups is 2. The molecule has 0 aliphatic rings. The summed E-state index contributed by atoms with van der Waals surface area (Å²) in [6.45, 7) is 8.77. The van der Waals surface area contributed by atoms with Gasteiger partial charge in [0.05, 0.1) is 25.5 Å². The number of para-hydroxylation sites is 1. The van der Waals surface area contributed by atoms with Crippen molar-refractivity contribution in [2.45, 2.75) is 52.4 Å². The van der Waals surface area contributed by atoms with Gasteiger partial charge in [0.25, 0.3) is 5.91 Å². The first-order valence-electron chi connectivity index (χ1n) is 11.6. The topological polar surface area (TPSA) is 65.1 Å². The maximum atomic E-state index is 13.0. The highest BCUT2D eigenvalue weighted by Crippen LogP contribution is 2.20. The quantitative estimate of drug-likeness (QED) is 0.141. The smallest absolute Gasteiger partial charge is 0.333 e. The van der Waals surface area contributed by atoms with Gasteiger partial charge >= 0.3 is 5.97 Å². The Labute approximate surface area is 197 Å². The second kappa shape index (κ2) is 14.9. The number of unbranched alkanes of at least 4 members (excludes halogenated alkanes) is 4. The molecule has 0 heterocycles. The Bertz CT molecular complexity index is 864. The molecule has 0 bridgehead atoms. The van der Waals surface area contributed by atoms with Gasteiger partial charge in [-0.25, -0.2) is 4.79 Å². The molecule has 0 atom stereocenters. The standard InChI is InChI=1S/C27H35NO5/c1-4-5-21-33-28(24-13-9-8-10-14-24)26(29)23-15-17-25(18-16-23)31-19-11-6-7-12-20-32-27(30)22(2)3/h8-10,13-18H,2,4-7,11-12,19-21H2,1,3H3. The molecule has 6 nitrogen and oxygen atoms in total. The number of benzene rings is 2. The number of esters is 1. The number of hydroxylamine groups is 1. The largest absolute Gasteiger partial charge is 0.494 e. The van der Waals surface area contributed by atoms with Crippen LogP contribution in [0.4, 0.5) is 5.69 Å². The van der Waals surface area contributed by atoms with Crippen molar-refractivity contribution in [3.63, 3.8) is 0 Å². The number of anilines is 1. The molecule has 6 heteroatoms. The zero-order valence-electron chi connectivity index (χ0n) is 19.8. The van der Waals surface area contributed by atoms with Gasteiger partial charge in [0.2, 0.25) is 0 Å². The Morgan fingerprint density at radius 3 is 2.15 bits per heavy atom. The zero-order chi connectivity index (χ0) is 23.9. The molecular weight excluding hydrogens is 418 g/mol. The van der Waals surface area contributed by atoms with Crippen LogP contribution in [0, 0.1) is 0 Å². The summed E-state index contributed by atoms with van der Waals surface area (Å²) in [4.78, 5) is 30.1. The Balaban J connectivity index is 1.77. The van der Waals surface area contributed by atoms with Crippen LogP contribution in [0.1, 0.15) is 62.7 Å². The number of ether oxygens (including phenoxy) is 2. The van der Waals surface area contributed by atoms with E-state index >= 15 is 0 Å². The van der Waals surface area contributed by atoms with Crippen molar-refractivity contribution in [2.75, 3.05) is 24.9 Å². The minimum Gasteiger partial charge on any atom is -0.494 e. The van der Waals surface area contributed by atoms with Crippen LogP contribution < -0.4 is 9.80 Å². The van der Waals surface area contributed by atoms with Crippen molar-refractivity contribution in [1.82, 2.24) is 0 Å². The Hall–Kier alpha value is -3.12. The van der Waals surface area contributed by atoms with Crippen LogP contribution in [0.15, 0.2) is 66.7 Å². The molecule has 0 aliphatic carbocycles. The number of amides is 1. The van der Waals surface area contributed by atoms with E-state index in [1.54, 1.807) is 31.2 Å². The van der Waals surface area contributed by atoms with E-state index in [0.29, 0.717) is 36.6 Å². The van der Waals surface area contributed by atoms with E-state index in [0.717, 1.165) is 44.3 Å². The third kappa shape index (κ3) is 9.49. The maximum Gasteiger partial charge on any atom is 0.333 e. The number of carbonyl (C=O) groups excluding carboxylic acids is 2. The van der Waals surface area contributed by atoms with E-state index in [9.17, 15) is 9.59 Å². The summed E-state index contributed by atoms with van der Waals surface area (Å²) < 4.78 is 10.9. The van der Waals surface area contributed by atoms with Crippen LogP contribution >= 0.6 is 0 Å². The molecule has 0 unspecified atom stereocenters. The average Bonchev–Trinajstić information content (AvgIpc) is 2.84. The van der Waals surface area contributed by atoms with Crippen molar-refractivity contribution < 1.29 is 23.9 Å². The lowest BCUT2D eigenvalue weighted by atomic mass is 10.2. The monoisotopic (exact) mass is 453 g/mol. The van der Waals surface area contributed by atoms with Gasteiger partial charge in [0.15, 0.2) is 0 Å². The molecule has 178 valence electrons. The molecule has 0 N–H and O–H groups in total. The molecule has 0 saturated carbocycles. The highest BCUT2D eigenvalue weighted by atomic mass is 16.7. The number of rotatable bonds is 15. The maximum absolute atomic E-state index is 13.0. The van der Waals surface area contributed by atoms with Crippen LogP contribution in [0.3, 0.4) is 0 Å². The highest BCUT2D eigenvalue weighted by Gasteiger charge is 2.18. The second-order valence-corrected chi connectivity index (χ2v) is 7.83. The van der Waals surface area contributed by atoms with Crippen molar-refractivity contribution in [2.24, 2.45) is 0 Å². The van der Waals surface area contributed by atoms with Gasteiger partial charge in [-0.15, -0.1) is 0 Å². The lowest BCUT2D eigenvalue weighted by Crippen LogP contribution is -2.31. The third-order valence-corrected chi connectivity index (χ3v) is 4.88. The average molecular weight is 454 g/mol. The molecule has 1 amide bonds. The fourth-order valence-corrected chi connectivity index (χ4v) is 2.96. The molecule has 0 aromatic heterocycles. The molecule has 0 aliphatic heterocycles. The zero-order valence-corrected chi connectivity index (χ0v) is 19.8. The lowest BCUT2D eigenvalue weighted by Gasteiger charge is -2.22. The predicted octanol–water partition coefficient (Wildman–Crippen LogP) is 6.12. The van der Waals surface area contributed by atoms with Crippen LogP contribution in [0.2, 0.25) is 0 Å². The van der Waals surface area contributed by atoms with Gasteiger partial charge in [-0.1, -0.05) is 38.1 Å². The molecule has 33 heavy (non-hydrogen) atoms. The van der Waals surface area contributed by atoms with E-state index in [4.69, 9.17) is 14.3 Å². The Kier molecular flexibility index (Phi) is 11.8. The number of hydrogen-bond donors (Lipinski definition) is 0. The normalized spacial score (nSPS) is 10.5. The number of hydrogen-bond acceptors (Lipinski definition) is 5. The summed E-state index contributed by atoms with van der Waals surface area (Å²) in [5.74, 6) is 0.177. The predicted molar refractivity (Wildman–Crippen MR) is 130 cm³/mol. The van der Waals surface area contributed by atoms with Crippen LogP contribution in [-0.2, 0) is 14.4 Å². The molecule has 0 saturated heterocycles. The van der Waals surface area contributed by atoms with Gasteiger partial charge in [-0.2, -0.15) is 5.06 Å². The third-order valence-electron chi connectivity index (χ3n) is 4.88. The molecule has 0 fully saturated rings. The fourth-order valence-electron chi connectivity index (χ4n) is 2.96. The van der Waals surface area contributed by atoms with Gasteiger partial charge in [-0.05, 0) is 75.4 Å². The summed E-state index contributed by atoms with van der Waals surface area (Å²) in [6.07, 6.45) is 5.56. The summed E-state index contributed by atoms with van der Waals surface area (Å²) in [7, 11) is 0. The minimum atomic E-state index is -0.334. The van der Waals surface area contributed by atoms with Crippen molar-refractivity contribution in [3.8, 4) is 5.75 Å². The summed E-state index contributed by atoms with van der Waals surface area (Å²) in [5, 5.41) is 1.36. The fraction of sp³-hybridized carbons (Fsp3) is 0.407. The lowest BCUT2D eigenvalue weighted by molar-refractivity contribution is -0.139. The van der Waals surface area contributed by atoms with E-state index in [1.165, 1.54) is 5.06 Å². The molecular formula is C27H35NO5. The van der Waals surface area contributed by atoms with E-state index in [2.05, 4.69) is 13.5 Å². The van der Waals surface area contributed by atoms with E-state index in [1.807, 2.05) is 30.3 Å². The van der Waals surface area contributed by atoms with E-state index in [-0.39, 0.29) is 11.9 Å². The van der Waals surface area contributed by atoms with Gasteiger partial charge in [0, 0.05) is 11.1 Å². The number of nitrogens with zero attached hydrogens (tertiary/aromatic N) is 1. The second-order valence-electron chi connectivity index (χ2n) is 7.83. The first-order valence-corrected chi connectivity index (χ1v) is 11.6. The first kappa shape index (κ1) is 26.1. The van der Waals surface area contributed by atoms with Gasteiger partial charge in [-0.3, -0.25) is 9.63 Å². The Morgan fingerprint density at radius 1 is 0.848 bits per heavy atom. The first-order chi connectivity index (χ1) is 16.0. The van der Waals surface area contributed by atoms with E-state index < -0.39 is 0 Å². The summed E-state index contributed by atoms with van der Waals surface area (Å²) in [6, 6.07) is 16.5. The van der Waals surface area contributed by atoms with Crippen molar-refractivity contribution in [3.05, 3.63) is 72.3 Å². The molecule has 0 radical (unpaired) electrons. The van der Waals surface area contributed by atoms with Gasteiger partial charge in [0.1, 0.15) is 5.75 Å².